The molecule has 3 aromatic rings. The molecular formula is C24H27N5O4. The number of carbonyl (C=O) groups is 2. The summed E-state index contributed by atoms with van der Waals surface area (Å²) in [6, 6.07) is 14.9. The molecule has 1 aromatic heterocycles. The lowest BCUT2D eigenvalue weighted by molar-refractivity contribution is -0.131. The van der Waals surface area contributed by atoms with Gasteiger partial charge in [0.15, 0.2) is 0 Å². The highest BCUT2D eigenvalue weighted by Crippen LogP contribution is 2.16. The number of anilines is 1. The minimum Gasteiger partial charge on any atom is -0.368 e. The van der Waals surface area contributed by atoms with Gasteiger partial charge in [-0.2, -0.15) is 0 Å². The Hall–Kier alpha value is -3.88. The number of aromatic amines is 1. The van der Waals surface area contributed by atoms with Crippen LogP contribution in [-0.2, 0) is 11.3 Å². The summed E-state index contributed by atoms with van der Waals surface area (Å²) in [5, 5.41) is 2.77. The van der Waals surface area contributed by atoms with Gasteiger partial charge in [-0.15, -0.1) is 0 Å². The molecule has 0 radical (unpaired) electrons. The van der Waals surface area contributed by atoms with E-state index in [1.807, 2.05) is 23.1 Å². The number of nitrogens with zero attached hydrogens (tertiary/aromatic N) is 3. The number of benzene rings is 2. The van der Waals surface area contributed by atoms with E-state index in [1.54, 1.807) is 25.1 Å². The van der Waals surface area contributed by atoms with Gasteiger partial charge in [0.2, 0.25) is 5.91 Å². The van der Waals surface area contributed by atoms with Crippen LogP contribution in [0.3, 0.4) is 0 Å². The molecule has 1 saturated heterocycles. The smallest absolute Gasteiger partial charge is 0.316 e. The highest BCUT2D eigenvalue weighted by molar-refractivity contribution is 5.97. The molecule has 4 rings (SSSR count). The summed E-state index contributed by atoms with van der Waals surface area (Å²) in [6.07, 6.45) is 0.219. The standard InChI is InChI=1S/C24H27N5O4/c1-2-29-20-9-8-17(16-19(20)26-23(32)24(29)33)22(31)25-11-10-21(30)28-14-12-27(13-15-28)18-6-4-3-5-7-18/h3-9,16H,2,10-15H2,1H3,(H,25,31)(H,26,32). The van der Waals surface area contributed by atoms with Crippen LogP contribution < -0.4 is 21.3 Å². The number of aromatic nitrogens is 2. The highest BCUT2D eigenvalue weighted by atomic mass is 16.2. The molecule has 2 aromatic carbocycles. The number of para-hydroxylation sites is 1. The van der Waals surface area contributed by atoms with E-state index in [2.05, 4.69) is 27.3 Å². The molecule has 1 aliphatic rings. The number of rotatable bonds is 6. The maximum absolute atomic E-state index is 12.6. The van der Waals surface area contributed by atoms with E-state index < -0.39 is 11.1 Å². The van der Waals surface area contributed by atoms with E-state index in [9.17, 15) is 19.2 Å². The molecule has 0 spiro atoms. The third kappa shape index (κ3) is 4.82. The second-order valence-corrected chi connectivity index (χ2v) is 7.94. The summed E-state index contributed by atoms with van der Waals surface area (Å²) in [4.78, 5) is 55.5. The van der Waals surface area contributed by atoms with Crippen LogP contribution >= 0.6 is 0 Å². The van der Waals surface area contributed by atoms with Crippen LogP contribution in [0.1, 0.15) is 23.7 Å². The van der Waals surface area contributed by atoms with E-state index in [0.717, 1.165) is 18.8 Å². The van der Waals surface area contributed by atoms with Gasteiger partial charge in [0.1, 0.15) is 0 Å². The molecule has 0 unspecified atom stereocenters. The normalized spacial score (nSPS) is 13.8. The number of H-pyrrole nitrogens is 1. The molecule has 0 bridgehead atoms. The largest absolute Gasteiger partial charge is 0.368 e. The molecule has 2 amide bonds. The van der Waals surface area contributed by atoms with Crippen molar-refractivity contribution in [3.63, 3.8) is 0 Å². The minimum absolute atomic E-state index is 0.0119. The number of hydrogen-bond donors (Lipinski definition) is 2. The molecule has 2 N–H and O–H groups in total. The third-order valence-electron chi connectivity index (χ3n) is 5.93. The van der Waals surface area contributed by atoms with Gasteiger partial charge in [-0.05, 0) is 37.3 Å². The van der Waals surface area contributed by atoms with Crippen molar-refractivity contribution in [1.29, 1.82) is 0 Å². The molecule has 172 valence electrons. The number of carbonyl (C=O) groups excluding carboxylic acids is 2. The lowest BCUT2D eigenvalue weighted by Crippen LogP contribution is -2.49. The number of nitrogens with one attached hydrogen (secondary N) is 2. The van der Waals surface area contributed by atoms with E-state index in [-0.39, 0.29) is 24.8 Å². The fraction of sp³-hybridized carbons (Fsp3) is 0.333. The molecule has 2 heterocycles. The zero-order valence-corrected chi connectivity index (χ0v) is 18.5. The van der Waals surface area contributed by atoms with Gasteiger partial charge in [0, 0.05) is 56.9 Å². The summed E-state index contributed by atoms with van der Waals surface area (Å²) in [7, 11) is 0. The second kappa shape index (κ2) is 9.72. The van der Waals surface area contributed by atoms with Crippen LogP contribution in [0.4, 0.5) is 5.69 Å². The van der Waals surface area contributed by atoms with Gasteiger partial charge in [0.25, 0.3) is 5.91 Å². The molecule has 0 aliphatic carbocycles. The highest BCUT2D eigenvalue weighted by Gasteiger charge is 2.21. The Morgan fingerprint density at radius 2 is 1.73 bits per heavy atom. The van der Waals surface area contributed by atoms with Crippen molar-refractivity contribution in [2.24, 2.45) is 0 Å². The summed E-state index contributed by atoms with van der Waals surface area (Å²) >= 11 is 0. The van der Waals surface area contributed by atoms with Gasteiger partial charge < -0.3 is 24.7 Å². The van der Waals surface area contributed by atoms with Crippen molar-refractivity contribution in [2.45, 2.75) is 19.9 Å². The van der Waals surface area contributed by atoms with Gasteiger partial charge in [0.05, 0.1) is 11.0 Å². The predicted molar refractivity (Wildman–Crippen MR) is 127 cm³/mol. The maximum Gasteiger partial charge on any atom is 0.316 e. The first-order chi connectivity index (χ1) is 16.0. The van der Waals surface area contributed by atoms with E-state index in [0.29, 0.717) is 36.2 Å². The Kier molecular flexibility index (Phi) is 6.58. The van der Waals surface area contributed by atoms with Gasteiger partial charge in [-0.3, -0.25) is 19.2 Å². The first-order valence-electron chi connectivity index (χ1n) is 11.1. The lowest BCUT2D eigenvalue weighted by atomic mass is 10.1. The quantitative estimate of drug-likeness (QED) is 0.550. The van der Waals surface area contributed by atoms with Crippen molar-refractivity contribution in [2.75, 3.05) is 37.6 Å². The van der Waals surface area contributed by atoms with Crippen LogP contribution in [0.2, 0.25) is 0 Å². The summed E-state index contributed by atoms with van der Waals surface area (Å²) < 4.78 is 1.37. The zero-order chi connectivity index (χ0) is 23.4. The number of aryl methyl sites for hydroxylation is 1. The van der Waals surface area contributed by atoms with Gasteiger partial charge in [-0.25, -0.2) is 0 Å². The zero-order valence-electron chi connectivity index (χ0n) is 18.5. The van der Waals surface area contributed by atoms with Crippen LogP contribution in [0.15, 0.2) is 58.1 Å². The van der Waals surface area contributed by atoms with E-state index in [4.69, 9.17) is 0 Å². The fourth-order valence-electron chi connectivity index (χ4n) is 4.13. The first kappa shape index (κ1) is 22.3. The summed E-state index contributed by atoms with van der Waals surface area (Å²) in [5.41, 5.74) is 1.14. The van der Waals surface area contributed by atoms with Crippen molar-refractivity contribution < 1.29 is 9.59 Å². The Labute approximate surface area is 190 Å². The average molecular weight is 450 g/mol. The number of hydrogen-bond acceptors (Lipinski definition) is 5. The fourth-order valence-corrected chi connectivity index (χ4v) is 4.13. The van der Waals surface area contributed by atoms with Gasteiger partial charge in [-0.1, -0.05) is 18.2 Å². The van der Waals surface area contributed by atoms with Crippen molar-refractivity contribution >= 4 is 28.5 Å². The SMILES string of the molecule is CCn1c(=O)c(=O)[nH]c2cc(C(=O)NCCC(=O)N3CCN(c4ccccc4)CC3)ccc21. The Morgan fingerprint density at radius 3 is 2.42 bits per heavy atom. The molecular weight excluding hydrogens is 422 g/mol. The maximum atomic E-state index is 12.6. The van der Waals surface area contributed by atoms with Crippen LogP contribution in [0.25, 0.3) is 11.0 Å². The molecule has 9 nitrogen and oxygen atoms in total. The minimum atomic E-state index is -0.722. The number of amides is 2. The van der Waals surface area contributed by atoms with E-state index in [1.165, 1.54) is 4.57 Å². The average Bonchev–Trinajstić information content (AvgIpc) is 2.85. The first-order valence-corrected chi connectivity index (χ1v) is 11.1. The van der Waals surface area contributed by atoms with Gasteiger partial charge >= 0.3 is 11.1 Å². The number of piperazine rings is 1. The van der Waals surface area contributed by atoms with Crippen LogP contribution in [0, 0.1) is 0 Å². The van der Waals surface area contributed by atoms with Crippen molar-refractivity contribution in [3.05, 3.63) is 74.8 Å². The van der Waals surface area contributed by atoms with Crippen molar-refractivity contribution in [1.82, 2.24) is 19.8 Å². The topological polar surface area (TPSA) is 108 Å². The lowest BCUT2D eigenvalue weighted by Gasteiger charge is -2.36. The Morgan fingerprint density at radius 1 is 1.00 bits per heavy atom. The molecule has 1 aliphatic heterocycles. The van der Waals surface area contributed by atoms with Crippen LogP contribution in [-0.4, -0.2) is 59.0 Å². The monoisotopic (exact) mass is 449 g/mol. The van der Waals surface area contributed by atoms with Crippen LogP contribution in [0.5, 0.6) is 0 Å². The molecule has 0 atom stereocenters. The summed E-state index contributed by atoms with van der Waals surface area (Å²) in [6.45, 7) is 5.21. The molecule has 1 fully saturated rings. The molecule has 9 heteroatoms. The molecule has 0 saturated carbocycles. The second-order valence-electron chi connectivity index (χ2n) is 7.94. The van der Waals surface area contributed by atoms with E-state index >= 15 is 0 Å². The summed E-state index contributed by atoms with van der Waals surface area (Å²) in [5.74, 6) is -0.327. The number of fused-ring (bicyclic) bond motifs is 1. The predicted octanol–water partition coefficient (Wildman–Crippen LogP) is 1.18. The van der Waals surface area contributed by atoms with Crippen molar-refractivity contribution in [3.8, 4) is 0 Å². The molecule has 33 heavy (non-hydrogen) atoms. The Bertz CT molecular complexity index is 1270. The third-order valence-corrected chi connectivity index (χ3v) is 5.93. The Balaban J connectivity index is 1.31.